The molecule has 0 aliphatic heterocycles. The van der Waals surface area contributed by atoms with Gasteiger partial charge in [-0.25, -0.2) is 28.1 Å². The molecule has 0 saturated carbocycles. The van der Waals surface area contributed by atoms with Crippen LogP contribution in [0.25, 0.3) is 0 Å². The summed E-state index contributed by atoms with van der Waals surface area (Å²) >= 11 is 30.4. The van der Waals surface area contributed by atoms with Crippen molar-refractivity contribution in [2.45, 2.75) is 45.3 Å². The van der Waals surface area contributed by atoms with E-state index in [4.69, 9.17) is 0 Å². The molecule has 1 aromatic heterocycles. The number of nitrogens with zero attached hydrogens (tertiary/aromatic N) is 3. The smallest absolute Gasteiger partial charge is 0.247 e. The van der Waals surface area contributed by atoms with Crippen LogP contribution in [-0.2, 0) is 10.1 Å². The van der Waals surface area contributed by atoms with E-state index >= 15 is 0 Å². The minimum absolute atomic E-state index is 0.405. The van der Waals surface area contributed by atoms with Crippen molar-refractivity contribution in [1.29, 1.82) is 0 Å². The van der Waals surface area contributed by atoms with E-state index in [1.807, 2.05) is 0 Å². The second-order valence-electron chi connectivity index (χ2n) is 5.47. The largest absolute Gasteiger partial charge is 0.340 e. The molecule has 0 N–H and O–H groups in total. The quantitative estimate of drug-likeness (QED) is 0.343. The maximum absolute atomic E-state index is 13.3. The topological polar surface area (TPSA) is 66.0 Å². The maximum atomic E-state index is 13.3. The summed E-state index contributed by atoms with van der Waals surface area (Å²) in [5, 5.41) is 0. The molecule has 0 amide bonds. The van der Waals surface area contributed by atoms with Gasteiger partial charge in [0.25, 0.3) is 0 Å². The standard InChI is InChI=1S/C12H12Br9N3O3/c1-4(13)10(16,17)22-7(25)23(11(18,19)5(2)14)9(27)24(8(22)26)12(20,21)6(3)15/h4-6H,1-3H3. The van der Waals surface area contributed by atoms with Crippen molar-refractivity contribution >= 4 is 143 Å². The van der Waals surface area contributed by atoms with Crippen molar-refractivity contribution in [3.63, 3.8) is 0 Å². The molecule has 3 unspecified atom stereocenters. The number of aromatic nitrogens is 3. The number of halogens is 9. The highest BCUT2D eigenvalue weighted by molar-refractivity contribution is 9.26. The summed E-state index contributed by atoms with van der Waals surface area (Å²) in [5.41, 5.74) is -2.50. The molecule has 0 radical (unpaired) electrons. The molecule has 3 atom stereocenters. The first-order chi connectivity index (χ1) is 11.9. The van der Waals surface area contributed by atoms with Crippen molar-refractivity contribution in [2.24, 2.45) is 0 Å². The van der Waals surface area contributed by atoms with Gasteiger partial charge in [-0.1, -0.05) is 47.8 Å². The van der Waals surface area contributed by atoms with E-state index in [1.54, 1.807) is 20.8 Å². The number of alkyl halides is 9. The average molecular weight is 965 g/mol. The van der Waals surface area contributed by atoms with Crippen LogP contribution < -0.4 is 17.1 Å². The molecule has 1 rings (SSSR count). The highest BCUT2D eigenvalue weighted by Gasteiger charge is 2.45. The molecule has 27 heavy (non-hydrogen) atoms. The molecule has 6 nitrogen and oxygen atoms in total. The third-order valence-corrected chi connectivity index (χ3v) is 15.4. The minimum Gasteiger partial charge on any atom is -0.247 e. The van der Waals surface area contributed by atoms with Gasteiger partial charge in [0.05, 0.1) is 14.5 Å². The predicted octanol–water partition coefficient (Wildman–Crippen LogP) is 5.72. The zero-order valence-electron chi connectivity index (χ0n) is 13.7. The van der Waals surface area contributed by atoms with Crippen LogP contribution in [0.5, 0.6) is 0 Å². The van der Waals surface area contributed by atoms with Gasteiger partial charge in [0, 0.05) is 0 Å². The molecular weight excluding hydrogens is 953 g/mol. The van der Waals surface area contributed by atoms with E-state index in [2.05, 4.69) is 143 Å². The highest BCUT2D eigenvalue weighted by Crippen LogP contribution is 2.42. The van der Waals surface area contributed by atoms with Crippen molar-refractivity contribution < 1.29 is 0 Å². The van der Waals surface area contributed by atoms with E-state index in [1.165, 1.54) is 0 Å². The third-order valence-electron chi connectivity index (χ3n) is 3.48. The lowest BCUT2D eigenvalue weighted by atomic mass is 10.4. The zero-order valence-corrected chi connectivity index (χ0v) is 28.0. The molecule has 1 heterocycles. The first-order valence-electron chi connectivity index (χ1n) is 7.01. The zero-order chi connectivity index (χ0) is 21.7. The predicted molar refractivity (Wildman–Crippen MR) is 142 cm³/mol. The Morgan fingerprint density at radius 3 is 0.815 bits per heavy atom. The molecule has 0 aliphatic carbocycles. The van der Waals surface area contributed by atoms with Crippen LogP contribution in [0.1, 0.15) is 20.8 Å². The lowest BCUT2D eigenvalue weighted by molar-refractivity contribution is 0.413. The fraction of sp³-hybridized carbons (Fsp3) is 0.750. The van der Waals surface area contributed by atoms with Gasteiger partial charge in [0.1, 0.15) is 0 Å². The van der Waals surface area contributed by atoms with Crippen molar-refractivity contribution in [3.8, 4) is 0 Å². The maximum Gasteiger partial charge on any atom is 0.340 e. The van der Waals surface area contributed by atoms with Crippen LogP contribution >= 0.6 is 143 Å². The SMILES string of the molecule is CC(Br)C(Br)(Br)n1c(=O)n(C(Br)(Br)C(C)Br)c(=O)n(C(Br)(Br)C(C)Br)c1=O. The van der Waals surface area contributed by atoms with Crippen molar-refractivity contribution in [3.05, 3.63) is 31.5 Å². The summed E-state index contributed by atoms with van der Waals surface area (Å²) in [7, 11) is 0. The normalized spacial score (nSPS) is 16.9. The minimum atomic E-state index is -1.30. The van der Waals surface area contributed by atoms with Crippen LogP contribution in [0.15, 0.2) is 14.4 Å². The van der Waals surface area contributed by atoms with Gasteiger partial charge < -0.3 is 0 Å². The van der Waals surface area contributed by atoms with E-state index in [0.29, 0.717) is 0 Å². The Morgan fingerprint density at radius 2 is 0.704 bits per heavy atom. The van der Waals surface area contributed by atoms with Crippen LogP contribution in [0, 0.1) is 0 Å². The Kier molecular flexibility index (Phi) is 9.97. The Morgan fingerprint density at radius 1 is 0.556 bits per heavy atom. The van der Waals surface area contributed by atoms with Crippen LogP contribution in [-0.4, -0.2) is 28.2 Å². The van der Waals surface area contributed by atoms with E-state index in [0.717, 1.165) is 13.7 Å². The Balaban J connectivity index is 4.33. The lowest BCUT2D eigenvalue weighted by Crippen LogP contribution is -2.64. The molecule has 0 aromatic carbocycles. The first kappa shape index (κ1) is 27.8. The second kappa shape index (κ2) is 9.70. The molecule has 0 fully saturated rings. The molecular formula is C12H12Br9N3O3. The molecule has 156 valence electrons. The number of rotatable bonds is 6. The monoisotopic (exact) mass is 956 g/mol. The first-order valence-corrected chi connectivity index (χ1v) is 14.5. The van der Waals surface area contributed by atoms with Gasteiger partial charge in [-0.3, -0.25) is 0 Å². The van der Waals surface area contributed by atoms with Crippen LogP contribution in [0.3, 0.4) is 0 Å². The van der Waals surface area contributed by atoms with Gasteiger partial charge in [0.2, 0.25) is 0 Å². The Bertz CT molecular complexity index is 738. The van der Waals surface area contributed by atoms with Crippen LogP contribution in [0.4, 0.5) is 0 Å². The number of hydrogen-bond acceptors (Lipinski definition) is 3. The second-order valence-corrected chi connectivity index (χ2v) is 20.0. The molecule has 0 saturated heterocycles. The summed E-state index contributed by atoms with van der Waals surface area (Å²) in [5.74, 6) is 0. The molecule has 0 bridgehead atoms. The van der Waals surface area contributed by atoms with E-state index < -0.39 is 41.6 Å². The van der Waals surface area contributed by atoms with E-state index in [-0.39, 0.29) is 0 Å². The lowest BCUT2D eigenvalue weighted by Gasteiger charge is -2.33. The van der Waals surface area contributed by atoms with Crippen molar-refractivity contribution in [2.75, 3.05) is 0 Å². The fourth-order valence-corrected chi connectivity index (χ4v) is 4.28. The molecule has 15 heteroatoms. The Hall–Kier alpha value is 2.73. The molecule has 0 aliphatic rings. The summed E-state index contributed by atoms with van der Waals surface area (Å²) in [4.78, 5) is 38.6. The summed E-state index contributed by atoms with van der Waals surface area (Å²) < 4.78 is -1.18. The molecule has 1 aromatic rings. The van der Waals surface area contributed by atoms with Crippen LogP contribution in [0.2, 0.25) is 0 Å². The van der Waals surface area contributed by atoms with Gasteiger partial charge in [-0.05, 0) is 116 Å². The highest BCUT2D eigenvalue weighted by atomic mass is 79.9. The van der Waals surface area contributed by atoms with Gasteiger partial charge in [-0.2, -0.15) is 0 Å². The average Bonchev–Trinajstić information content (AvgIpc) is 2.45. The van der Waals surface area contributed by atoms with Crippen molar-refractivity contribution in [1.82, 2.24) is 13.7 Å². The summed E-state index contributed by atoms with van der Waals surface area (Å²) in [6.45, 7) is 5.21. The van der Waals surface area contributed by atoms with Gasteiger partial charge >= 0.3 is 17.1 Å². The number of hydrogen-bond donors (Lipinski definition) is 0. The Labute approximate surface area is 230 Å². The molecule has 0 spiro atoms. The van der Waals surface area contributed by atoms with E-state index in [9.17, 15) is 14.4 Å². The summed E-state index contributed by atoms with van der Waals surface area (Å²) in [6, 6.07) is 0. The van der Waals surface area contributed by atoms with Gasteiger partial charge in [0.15, 0.2) is 10.1 Å². The third kappa shape index (κ3) is 5.22. The fourth-order valence-electron chi connectivity index (χ4n) is 1.84. The summed E-state index contributed by atoms with van der Waals surface area (Å²) in [6.07, 6.45) is 0. The van der Waals surface area contributed by atoms with Gasteiger partial charge in [-0.15, -0.1) is 0 Å².